The molecule has 2 heteroatoms. The minimum Gasteiger partial charge on any atom is -0.314 e. The molecular weight excluding hydrogens is 160 g/mol. The van der Waals surface area contributed by atoms with Gasteiger partial charge in [0.25, 0.3) is 0 Å². The SMILES string of the molecule is CCNC1CCN(C2CC2)CC1C. The Morgan fingerprint density at radius 3 is 2.62 bits per heavy atom. The van der Waals surface area contributed by atoms with Crippen molar-refractivity contribution in [3.05, 3.63) is 0 Å². The van der Waals surface area contributed by atoms with Crippen molar-refractivity contribution in [2.75, 3.05) is 19.6 Å². The summed E-state index contributed by atoms with van der Waals surface area (Å²) in [5.41, 5.74) is 0. The molecule has 2 unspecified atom stereocenters. The van der Waals surface area contributed by atoms with Gasteiger partial charge in [-0.05, 0) is 38.3 Å². The van der Waals surface area contributed by atoms with E-state index in [4.69, 9.17) is 0 Å². The van der Waals surface area contributed by atoms with Crippen molar-refractivity contribution in [1.29, 1.82) is 0 Å². The first-order valence-corrected chi connectivity index (χ1v) is 5.78. The second-order valence-electron chi connectivity index (χ2n) is 4.66. The smallest absolute Gasteiger partial charge is 0.0117 e. The Labute approximate surface area is 81.7 Å². The van der Waals surface area contributed by atoms with Crippen molar-refractivity contribution in [3.8, 4) is 0 Å². The van der Waals surface area contributed by atoms with Crippen LogP contribution in [0.2, 0.25) is 0 Å². The highest BCUT2D eigenvalue weighted by Crippen LogP contribution is 2.30. The average Bonchev–Trinajstić information content (AvgIpc) is 2.91. The zero-order valence-electron chi connectivity index (χ0n) is 8.92. The van der Waals surface area contributed by atoms with E-state index >= 15 is 0 Å². The topological polar surface area (TPSA) is 15.3 Å². The van der Waals surface area contributed by atoms with Crippen molar-refractivity contribution in [1.82, 2.24) is 10.2 Å². The molecule has 2 rings (SSSR count). The van der Waals surface area contributed by atoms with Gasteiger partial charge in [0.05, 0.1) is 0 Å². The van der Waals surface area contributed by atoms with E-state index in [0.29, 0.717) is 0 Å². The number of rotatable bonds is 3. The highest BCUT2D eigenvalue weighted by Gasteiger charge is 2.34. The lowest BCUT2D eigenvalue weighted by Crippen LogP contribution is -2.48. The van der Waals surface area contributed by atoms with E-state index in [1.807, 2.05) is 0 Å². The number of nitrogens with zero attached hydrogens (tertiary/aromatic N) is 1. The summed E-state index contributed by atoms with van der Waals surface area (Å²) in [6.45, 7) is 8.37. The Hall–Kier alpha value is -0.0800. The predicted octanol–water partition coefficient (Wildman–Crippen LogP) is 1.47. The molecular formula is C11H22N2. The quantitative estimate of drug-likeness (QED) is 0.711. The molecule has 1 heterocycles. The summed E-state index contributed by atoms with van der Waals surface area (Å²) in [5.74, 6) is 0.842. The minimum absolute atomic E-state index is 0.778. The van der Waals surface area contributed by atoms with E-state index in [0.717, 1.165) is 24.5 Å². The maximum absolute atomic E-state index is 3.59. The lowest BCUT2D eigenvalue weighted by atomic mass is 9.94. The van der Waals surface area contributed by atoms with Crippen LogP contribution in [0.15, 0.2) is 0 Å². The van der Waals surface area contributed by atoms with Crippen molar-refractivity contribution in [2.24, 2.45) is 5.92 Å². The van der Waals surface area contributed by atoms with Gasteiger partial charge in [0.1, 0.15) is 0 Å². The van der Waals surface area contributed by atoms with Gasteiger partial charge in [-0.2, -0.15) is 0 Å². The maximum atomic E-state index is 3.59. The third kappa shape index (κ3) is 2.23. The average molecular weight is 182 g/mol. The van der Waals surface area contributed by atoms with E-state index in [9.17, 15) is 0 Å². The second-order valence-corrected chi connectivity index (χ2v) is 4.66. The predicted molar refractivity (Wildman–Crippen MR) is 55.8 cm³/mol. The van der Waals surface area contributed by atoms with Gasteiger partial charge in [-0.25, -0.2) is 0 Å². The Balaban J connectivity index is 1.80. The van der Waals surface area contributed by atoms with Gasteiger partial charge < -0.3 is 10.2 Å². The fraction of sp³-hybridized carbons (Fsp3) is 1.00. The Kier molecular flexibility index (Phi) is 2.89. The van der Waals surface area contributed by atoms with Crippen LogP contribution >= 0.6 is 0 Å². The Morgan fingerprint density at radius 1 is 1.31 bits per heavy atom. The molecule has 76 valence electrons. The molecule has 1 saturated carbocycles. The summed E-state index contributed by atoms with van der Waals surface area (Å²) >= 11 is 0. The van der Waals surface area contributed by atoms with Crippen LogP contribution in [-0.2, 0) is 0 Å². The summed E-state index contributed by atoms with van der Waals surface area (Å²) in [4.78, 5) is 2.69. The van der Waals surface area contributed by atoms with Crippen LogP contribution in [0.4, 0.5) is 0 Å². The first-order chi connectivity index (χ1) is 6.31. The molecule has 0 aromatic heterocycles. The third-order valence-corrected chi connectivity index (χ3v) is 3.47. The summed E-state index contributed by atoms with van der Waals surface area (Å²) in [5, 5.41) is 3.59. The van der Waals surface area contributed by atoms with Crippen molar-refractivity contribution < 1.29 is 0 Å². The van der Waals surface area contributed by atoms with Crippen molar-refractivity contribution in [2.45, 2.75) is 45.2 Å². The second kappa shape index (κ2) is 3.97. The zero-order valence-corrected chi connectivity index (χ0v) is 8.92. The largest absolute Gasteiger partial charge is 0.314 e. The van der Waals surface area contributed by atoms with Crippen LogP contribution in [0, 0.1) is 5.92 Å². The molecule has 2 atom stereocenters. The van der Waals surface area contributed by atoms with Gasteiger partial charge in [-0.15, -0.1) is 0 Å². The molecule has 13 heavy (non-hydrogen) atoms. The van der Waals surface area contributed by atoms with E-state index in [1.54, 1.807) is 0 Å². The molecule has 1 aliphatic carbocycles. The number of piperidine rings is 1. The Bertz CT molecular complexity index is 165. The van der Waals surface area contributed by atoms with Gasteiger partial charge in [0.2, 0.25) is 0 Å². The molecule has 1 N–H and O–H groups in total. The molecule has 1 saturated heterocycles. The van der Waals surface area contributed by atoms with Crippen LogP contribution in [0.5, 0.6) is 0 Å². The molecule has 0 aromatic rings. The number of hydrogen-bond acceptors (Lipinski definition) is 2. The standard InChI is InChI=1S/C11H22N2/c1-3-12-11-6-7-13(8-9(11)2)10-4-5-10/h9-12H,3-8H2,1-2H3. The van der Waals surface area contributed by atoms with Crippen LogP contribution in [-0.4, -0.2) is 36.6 Å². The van der Waals surface area contributed by atoms with E-state index in [1.165, 1.54) is 32.4 Å². The van der Waals surface area contributed by atoms with Crippen LogP contribution in [0.1, 0.15) is 33.1 Å². The highest BCUT2D eigenvalue weighted by molar-refractivity contribution is 4.91. The minimum atomic E-state index is 0.778. The van der Waals surface area contributed by atoms with Crippen molar-refractivity contribution >= 4 is 0 Å². The van der Waals surface area contributed by atoms with Crippen LogP contribution in [0.3, 0.4) is 0 Å². The fourth-order valence-corrected chi connectivity index (χ4v) is 2.51. The molecule has 1 aliphatic heterocycles. The first kappa shape index (κ1) is 9.47. The van der Waals surface area contributed by atoms with Gasteiger partial charge in [-0.3, -0.25) is 0 Å². The normalized spacial score (nSPS) is 36.5. The third-order valence-electron chi connectivity index (χ3n) is 3.47. The first-order valence-electron chi connectivity index (χ1n) is 5.78. The summed E-state index contributed by atoms with van der Waals surface area (Å²) < 4.78 is 0. The number of nitrogens with one attached hydrogen (secondary N) is 1. The molecule has 0 amide bonds. The lowest BCUT2D eigenvalue weighted by molar-refractivity contribution is 0.141. The van der Waals surface area contributed by atoms with Gasteiger partial charge in [0.15, 0.2) is 0 Å². The van der Waals surface area contributed by atoms with E-state index < -0.39 is 0 Å². The summed E-state index contributed by atoms with van der Waals surface area (Å²) in [6.07, 6.45) is 4.27. The summed E-state index contributed by atoms with van der Waals surface area (Å²) in [7, 11) is 0. The monoisotopic (exact) mass is 182 g/mol. The van der Waals surface area contributed by atoms with Gasteiger partial charge in [0, 0.05) is 18.6 Å². The molecule has 0 radical (unpaired) electrons. The maximum Gasteiger partial charge on any atom is 0.0117 e. The number of hydrogen-bond donors (Lipinski definition) is 1. The molecule has 2 nitrogen and oxygen atoms in total. The van der Waals surface area contributed by atoms with Gasteiger partial charge in [-0.1, -0.05) is 13.8 Å². The zero-order chi connectivity index (χ0) is 9.26. The fourth-order valence-electron chi connectivity index (χ4n) is 2.51. The van der Waals surface area contributed by atoms with Gasteiger partial charge >= 0.3 is 0 Å². The molecule has 2 fully saturated rings. The van der Waals surface area contributed by atoms with E-state index in [-0.39, 0.29) is 0 Å². The molecule has 2 aliphatic rings. The lowest BCUT2D eigenvalue weighted by Gasteiger charge is -2.37. The van der Waals surface area contributed by atoms with Crippen LogP contribution in [0.25, 0.3) is 0 Å². The van der Waals surface area contributed by atoms with Crippen LogP contribution < -0.4 is 5.32 Å². The summed E-state index contributed by atoms with van der Waals surface area (Å²) in [6, 6.07) is 1.74. The molecule has 0 bridgehead atoms. The van der Waals surface area contributed by atoms with E-state index in [2.05, 4.69) is 24.1 Å². The molecule has 0 spiro atoms. The highest BCUT2D eigenvalue weighted by atomic mass is 15.2. The number of likely N-dealkylation sites (tertiary alicyclic amines) is 1. The molecule has 0 aromatic carbocycles. The Morgan fingerprint density at radius 2 is 2.08 bits per heavy atom. The van der Waals surface area contributed by atoms with Crippen molar-refractivity contribution in [3.63, 3.8) is 0 Å².